The highest BCUT2D eigenvalue weighted by Gasteiger charge is 2.54. The number of oxazole rings is 1. The molecule has 1 spiro atoms. The minimum absolute atomic E-state index is 0.0240. The number of carbonyl (C=O) groups is 2. The first-order chi connectivity index (χ1) is 17.7. The molecule has 1 aromatic carbocycles. The van der Waals surface area contributed by atoms with E-state index >= 15 is 0 Å². The SMILES string of the molecule is O=C(NC1CC2(C1)CC(c1nc3cc(Cl)ccc3o1)C2)c1ccc(S(=O)(=O)NC(=O)C2CCCOS2)o1. The summed E-state index contributed by atoms with van der Waals surface area (Å²) in [6.45, 7) is 0.523. The Morgan fingerprint density at radius 3 is 2.68 bits per heavy atom. The van der Waals surface area contributed by atoms with Crippen LogP contribution in [-0.2, 0) is 19.0 Å². The lowest BCUT2D eigenvalue weighted by atomic mass is 9.50. The van der Waals surface area contributed by atoms with Crippen molar-refractivity contribution in [2.45, 2.75) is 60.8 Å². The fraction of sp³-hybridized carbons (Fsp3) is 0.458. The van der Waals surface area contributed by atoms with Crippen LogP contribution in [0.15, 0.2) is 44.3 Å². The summed E-state index contributed by atoms with van der Waals surface area (Å²) in [5.74, 6) is -0.320. The minimum Gasteiger partial charge on any atom is -0.440 e. The number of benzene rings is 1. The number of nitrogens with zero attached hydrogens (tertiary/aromatic N) is 1. The molecule has 2 saturated carbocycles. The zero-order valence-electron chi connectivity index (χ0n) is 19.6. The maximum atomic E-state index is 12.6. The van der Waals surface area contributed by atoms with Crippen molar-refractivity contribution in [1.82, 2.24) is 15.0 Å². The molecule has 2 N–H and O–H groups in total. The number of halogens is 1. The zero-order chi connectivity index (χ0) is 25.8. The highest BCUT2D eigenvalue weighted by atomic mass is 35.5. The van der Waals surface area contributed by atoms with E-state index in [-0.39, 0.29) is 23.1 Å². The van der Waals surface area contributed by atoms with E-state index in [1.807, 2.05) is 10.8 Å². The number of aromatic nitrogens is 1. The second kappa shape index (κ2) is 9.33. The molecule has 2 amide bonds. The Morgan fingerprint density at radius 2 is 1.92 bits per heavy atom. The topological polar surface area (TPSA) is 141 Å². The molecule has 196 valence electrons. The summed E-state index contributed by atoms with van der Waals surface area (Å²) in [4.78, 5) is 29.5. The van der Waals surface area contributed by atoms with Gasteiger partial charge < -0.3 is 18.3 Å². The molecule has 13 heteroatoms. The number of carbonyl (C=O) groups excluding carboxylic acids is 2. The summed E-state index contributed by atoms with van der Waals surface area (Å²) in [7, 11) is -4.24. The molecule has 37 heavy (non-hydrogen) atoms. The molecule has 1 unspecified atom stereocenters. The van der Waals surface area contributed by atoms with Gasteiger partial charge in [0.2, 0.25) is 11.0 Å². The second-order valence-electron chi connectivity index (χ2n) is 9.99. The molecule has 1 atom stereocenters. The molecule has 1 saturated heterocycles. The summed E-state index contributed by atoms with van der Waals surface area (Å²) < 4.78 is 43.4. The van der Waals surface area contributed by atoms with Gasteiger partial charge in [0.15, 0.2) is 17.2 Å². The molecule has 3 aliphatic rings. The lowest BCUT2D eigenvalue weighted by Gasteiger charge is -2.57. The number of hydrogen-bond donors (Lipinski definition) is 2. The van der Waals surface area contributed by atoms with Crippen LogP contribution in [0.2, 0.25) is 5.02 Å². The molecule has 6 rings (SSSR count). The van der Waals surface area contributed by atoms with Crippen molar-refractivity contribution in [2.24, 2.45) is 5.41 Å². The summed E-state index contributed by atoms with van der Waals surface area (Å²) >= 11 is 6.99. The summed E-state index contributed by atoms with van der Waals surface area (Å²) in [6.07, 6.45) is 4.71. The van der Waals surface area contributed by atoms with E-state index in [2.05, 4.69) is 10.3 Å². The van der Waals surface area contributed by atoms with E-state index in [0.29, 0.717) is 24.5 Å². The van der Waals surface area contributed by atoms with Gasteiger partial charge in [0, 0.05) is 29.0 Å². The standard InChI is InChI=1S/C24H24ClN3O7S2/c25-14-3-4-17-16(8-14)27-23(35-17)13-9-24(10-13)11-15(12-24)26-21(29)18-5-6-20(34-18)37(31,32)28-22(30)19-2-1-7-33-36-19/h3-6,8,13,15,19H,1-2,7,9-12H2,(H,26,29)(H,28,30). The first kappa shape index (κ1) is 24.8. The van der Waals surface area contributed by atoms with E-state index in [1.165, 1.54) is 12.1 Å². The Balaban J connectivity index is 1.00. The van der Waals surface area contributed by atoms with Crippen LogP contribution in [-0.4, -0.2) is 43.1 Å². The van der Waals surface area contributed by atoms with Crippen LogP contribution >= 0.6 is 23.6 Å². The van der Waals surface area contributed by atoms with Crippen LogP contribution in [0, 0.1) is 5.41 Å². The van der Waals surface area contributed by atoms with Crippen LogP contribution < -0.4 is 10.0 Å². The molecular formula is C24H24ClN3O7S2. The predicted octanol–water partition coefficient (Wildman–Crippen LogP) is 4.16. The smallest absolute Gasteiger partial charge is 0.297 e. The maximum absolute atomic E-state index is 12.6. The van der Waals surface area contributed by atoms with Crippen LogP contribution in [0.4, 0.5) is 0 Å². The number of furan rings is 1. The van der Waals surface area contributed by atoms with Crippen LogP contribution in [0.5, 0.6) is 0 Å². The summed E-state index contributed by atoms with van der Waals surface area (Å²) in [5.41, 5.74) is 1.63. The van der Waals surface area contributed by atoms with Gasteiger partial charge in [0.1, 0.15) is 10.8 Å². The zero-order valence-corrected chi connectivity index (χ0v) is 22.0. The van der Waals surface area contributed by atoms with Gasteiger partial charge in [-0.15, -0.1) is 0 Å². The van der Waals surface area contributed by atoms with Crippen molar-refractivity contribution in [1.29, 1.82) is 0 Å². The van der Waals surface area contributed by atoms with Crippen molar-refractivity contribution < 1.29 is 31.0 Å². The van der Waals surface area contributed by atoms with Crippen LogP contribution in [0.1, 0.15) is 60.9 Å². The Bertz CT molecular complexity index is 1460. The predicted molar refractivity (Wildman–Crippen MR) is 135 cm³/mol. The number of nitrogens with one attached hydrogen (secondary N) is 2. The summed E-state index contributed by atoms with van der Waals surface area (Å²) in [5, 5.41) is 2.43. The van der Waals surface area contributed by atoms with E-state index in [4.69, 9.17) is 24.6 Å². The van der Waals surface area contributed by atoms with Crippen LogP contribution in [0.3, 0.4) is 0 Å². The fourth-order valence-electron chi connectivity index (χ4n) is 5.45. The van der Waals surface area contributed by atoms with E-state index in [9.17, 15) is 18.0 Å². The molecule has 0 radical (unpaired) electrons. The largest absolute Gasteiger partial charge is 0.440 e. The quantitative estimate of drug-likeness (QED) is 0.421. The van der Waals surface area contributed by atoms with Gasteiger partial charge in [0.25, 0.3) is 15.9 Å². The monoisotopic (exact) mass is 565 g/mol. The molecule has 1 aliphatic heterocycles. The Kier molecular flexibility index (Phi) is 6.25. The molecule has 0 bridgehead atoms. The summed E-state index contributed by atoms with van der Waals surface area (Å²) in [6, 6.07) is 7.82. The maximum Gasteiger partial charge on any atom is 0.297 e. The Labute approximate surface area is 222 Å². The van der Waals surface area contributed by atoms with E-state index < -0.39 is 32.2 Å². The second-order valence-corrected chi connectivity index (χ2v) is 13.0. The van der Waals surface area contributed by atoms with Gasteiger partial charge in [-0.1, -0.05) is 11.6 Å². The van der Waals surface area contributed by atoms with Crippen molar-refractivity contribution in [2.75, 3.05) is 6.61 Å². The molecule has 10 nitrogen and oxygen atoms in total. The number of fused-ring (bicyclic) bond motifs is 1. The van der Waals surface area contributed by atoms with E-state index in [0.717, 1.165) is 54.7 Å². The highest BCUT2D eigenvalue weighted by Crippen LogP contribution is 2.61. The van der Waals surface area contributed by atoms with Crippen molar-refractivity contribution in [3.05, 3.63) is 47.0 Å². The van der Waals surface area contributed by atoms with Gasteiger partial charge in [0.05, 0.1) is 6.61 Å². The molecule has 3 fully saturated rings. The number of hydrogen-bond acceptors (Lipinski definition) is 9. The third-order valence-corrected chi connectivity index (χ3v) is 9.68. The first-order valence-corrected chi connectivity index (χ1v) is 14.7. The van der Waals surface area contributed by atoms with Gasteiger partial charge in [-0.25, -0.2) is 9.71 Å². The number of sulfonamides is 1. The third-order valence-electron chi connectivity index (χ3n) is 7.24. The molecule has 2 aliphatic carbocycles. The van der Waals surface area contributed by atoms with Crippen molar-refractivity contribution in [3.8, 4) is 0 Å². The van der Waals surface area contributed by atoms with Gasteiger partial charge in [-0.3, -0.25) is 9.59 Å². The first-order valence-electron chi connectivity index (χ1n) is 12.0. The van der Waals surface area contributed by atoms with Gasteiger partial charge in [-0.2, -0.15) is 8.42 Å². The average molecular weight is 566 g/mol. The minimum atomic E-state index is -4.24. The molecule has 3 heterocycles. The Hall–Kier alpha value is -2.54. The Morgan fingerprint density at radius 1 is 1.11 bits per heavy atom. The van der Waals surface area contributed by atoms with Gasteiger partial charge in [-0.05, 0) is 74.3 Å². The van der Waals surface area contributed by atoms with Crippen molar-refractivity contribution in [3.63, 3.8) is 0 Å². The average Bonchev–Trinajstić information content (AvgIpc) is 3.47. The molecular weight excluding hydrogens is 542 g/mol. The molecule has 3 aromatic rings. The van der Waals surface area contributed by atoms with E-state index in [1.54, 1.807) is 12.1 Å². The highest BCUT2D eigenvalue weighted by molar-refractivity contribution is 7.96. The molecule has 2 aromatic heterocycles. The normalized spacial score (nSPS) is 27.4. The van der Waals surface area contributed by atoms with Crippen molar-refractivity contribution >= 4 is 56.6 Å². The van der Waals surface area contributed by atoms with Crippen LogP contribution in [0.25, 0.3) is 11.1 Å². The van der Waals surface area contributed by atoms with Gasteiger partial charge >= 0.3 is 0 Å². The fourth-order valence-corrected chi connectivity index (χ4v) is 7.43. The number of rotatable bonds is 6. The lowest BCUT2D eigenvalue weighted by molar-refractivity contribution is -0.119. The third kappa shape index (κ3) is 4.87. The number of amides is 2. The lowest BCUT2D eigenvalue weighted by Crippen LogP contribution is -2.55.